The third kappa shape index (κ3) is 3.31. The molecule has 0 atom stereocenters. The van der Waals surface area contributed by atoms with Gasteiger partial charge in [-0.3, -0.25) is 0 Å². The summed E-state index contributed by atoms with van der Waals surface area (Å²) in [5.74, 6) is 0. The highest BCUT2D eigenvalue weighted by molar-refractivity contribution is 14.1. The van der Waals surface area contributed by atoms with Crippen LogP contribution in [0.15, 0.2) is 16.5 Å². The summed E-state index contributed by atoms with van der Waals surface area (Å²) in [5, 5.41) is 10.6. The van der Waals surface area contributed by atoms with Crippen LogP contribution in [0.2, 0.25) is 0 Å². The second-order valence-electron chi connectivity index (χ2n) is 3.28. The minimum atomic E-state index is 0.700. The summed E-state index contributed by atoms with van der Waals surface area (Å²) in [5.41, 5.74) is 2.04. The normalized spacial score (nSPS) is 12.2. The zero-order chi connectivity index (χ0) is 12.1. The third-order valence-corrected chi connectivity index (χ3v) is 3.84. The molecule has 0 unspecified atom stereocenters. The molecule has 0 fully saturated rings. The first kappa shape index (κ1) is 13.7. The number of hydrogen-bond acceptors (Lipinski definition) is 3. The Labute approximate surface area is 117 Å². The molecule has 16 heavy (non-hydrogen) atoms. The lowest BCUT2D eigenvalue weighted by Crippen LogP contribution is -2.12. The number of aromatic nitrogens is 2. The lowest BCUT2D eigenvalue weighted by Gasteiger charge is -2.08. The van der Waals surface area contributed by atoms with Gasteiger partial charge >= 0.3 is 0 Å². The van der Waals surface area contributed by atoms with E-state index < -0.39 is 0 Å². The Morgan fingerprint density at radius 1 is 1.75 bits per heavy atom. The van der Waals surface area contributed by atoms with Gasteiger partial charge in [0.1, 0.15) is 3.70 Å². The van der Waals surface area contributed by atoms with E-state index in [4.69, 9.17) is 5.41 Å². The zero-order valence-electron chi connectivity index (χ0n) is 9.22. The molecule has 88 valence electrons. The van der Waals surface area contributed by atoms with E-state index in [1.807, 2.05) is 18.5 Å². The Hall–Kier alpha value is -0.370. The van der Waals surface area contributed by atoms with Crippen LogP contribution in [-0.2, 0) is 13.5 Å². The van der Waals surface area contributed by atoms with E-state index >= 15 is 0 Å². The van der Waals surface area contributed by atoms with Crippen molar-refractivity contribution in [2.45, 2.75) is 13.3 Å². The third-order valence-electron chi connectivity index (χ3n) is 2.15. The molecule has 0 bridgehead atoms. The van der Waals surface area contributed by atoms with Gasteiger partial charge in [-0.25, -0.2) is 4.98 Å². The molecule has 1 aromatic rings. The molecule has 1 rings (SSSR count). The van der Waals surface area contributed by atoms with Crippen molar-refractivity contribution in [3.63, 3.8) is 0 Å². The van der Waals surface area contributed by atoms with Crippen molar-refractivity contribution in [2.75, 3.05) is 6.54 Å². The van der Waals surface area contributed by atoms with E-state index in [9.17, 15) is 0 Å². The lowest BCUT2D eigenvalue weighted by atomic mass is 10.2. The van der Waals surface area contributed by atoms with Gasteiger partial charge in [0.05, 0.1) is 16.6 Å². The second-order valence-corrected chi connectivity index (χ2v) is 5.10. The second kappa shape index (κ2) is 6.39. The van der Waals surface area contributed by atoms with Crippen LogP contribution >= 0.6 is 38.5 Å². The van der Waals surface area contributed by atoms with Crippen molar-refractivity contribution in [2.24, 2.45) is 7.05 Å². The molecule has 1 aromatic heterocycles. The number of allylic oxidation sites excluding steroid dienone is 1. The van der Waals surface area contributed by atoms with Gasteiger partial charge in [-0.2, -0.15) is 0 Å². The molecule has 6 heteroatoms. The topological polar surface area (TPSA) is 53.7 Å². The fourth-order valence-electron chi connectivity index (χ4n) is 1.27. The average Bonchev–Trinajstić information content (AvgIpc) is 2.56. The van der Waals surface area contributed by atoms with Crippen LogP contribution in [-0.4, -0.2) is 22.3 Å². The fourth-order valence-corrected chi connectivity index (χ4v) is 2.50. The van der Waals surface area contributed by atoms with Crippen molar-refractivity contribution in [3.8, 4) is 0 Å². The number of aryl methyl sites for hydroxylation is 1. The summed E-state index contributed by atoms with van der Waals surface area (Å²) in [7, 11) is 1.97. The van der Waals surface area contributed by atoms with Crippen LogP contribution in [0, 0.1) is 9.11 Å². The number of halogens is 2. The van der Waals surface area contributed by atoms with Gasteiger partial charge in [0, 0.05) is 31.8 Å². The highest BCUT2D eigenvalue weighted by Crippen LogP contribution is 2.17. The van der Waals surface area contributed by atoms with Crippen molar-refractivity contribution in [1.82, 2.24) is 14.9 Å². The molecule has 0 aliphatic carbocycles. The molecule has 0 saturated heterocycles. The van der Waals surface area contributed by atoms with Gasteiger partial charge in [0.15, 0.2) is 0 Å². The zero-order valence-corrected chi connectivity index (χ0v) is 13.0. The van der Waals surface area contributed by atoms with E-state index in [-0.39, 0.29) is 0 Å². The smallest absolute Gasteiger partial charge is 0.122 e. The van der Waals surface area contributed by atoms with Gasteiger partial charge in [-0.05, 0) is 45.4 Å². The van der Waals surface area contributed by atoms with Gasteiger partial charge in [0.25, 0.3) is 0 Å². The number of imidazole rings is 1. The first-order chi connectivity index (χ1) is 7.60. The number of hydrogen-bond donors (Lipinski definition) is 2. The monoisotopic (exact) mass is 396 g/mol. The quantitative estimate of drug-likeness (QED) is 0.456. The summed E-state index contributed by atoms with van der Waals surface area (Å²) in [6, 6.07) is 0. The van der Waals surface area contributed by atoms with Gasteiger partial charge < -0.3 is 15.3 Å². The first-order valence-electron chi connectivity index (χ1n) is 4.88. The fraction of sp³-hybridized carbons (Fsp3) is 0.400. The highest BCUT2D eigenvalue weighted by Gasteiger charge is 2.10. The predicted octanol–water partition coefficient (Wildman–Crippen LogP) is 2.43. The van der Waals surface area contributed by atoms with E-state index in [1.54, 1.807) is 6.33 Å². The molecule has 1 heterocycles. The maximum absolute atomic E-state index is 7.43. The first-order valence-corrected chi connectivity index (χ1v) is 6.76. The Morgan fingerprint density at radius 2 is 2.44 bits per heavy atom. The summed E-state index contributed by atoms with van der Waals surface area (Å²) in [6.45, 7) is 2.86. The van der Waals surface area contributed by atoms with E-state index in [0.29, 0.717) is 6.42 Å². The maximum Gasteiger partial charge on any atom is 0.122 e. The molecule has 0 aliphatic rings. The largest absolute Gasteiger partial charge is 0.379 e. The van der Waals surface area contributed by atoms with E-state index in [0.717, 1.165) is 26.1 Å². The van der Waals surface area contributed by atoms with Crippen molar-refractivity contribution in [3.05, 3.63) is 25.9 Å². The summed E-state index contributed by atoms with van der Waals surface area (Å²) < 4.78 is 3.84. The van der Waals surface area contributed by atoms with Crippen LogP contribution < -0.4 is 5.32 Å². The molecular weight excluding hydrogens is 383 g/mol. The molecule has 0 aromatic carbocycles. The molecule has 4 nitrogen and oxygen atoms in total. The Bertz CT molecular complexity index is 391. The molecule has 0 aliphatic heterocycles. The summed E-state index contributed by atoms with van der Waals surface area (Å²) in [4.78, 5) is 4.23. The van der Waals surface area contributed by atoms with Crippen LogP contribution in [0.1, 0.15) is 12.6 Å². The van der Waals surface area contributed by atoms with E-state index in [2.05, 4.69) is 48.8 Å². The maximum atomic E-state index is 7.43. The number of nitrogens with one attached hydrogen (secondary N) is 2. The van der Waals surface area contributed by atoms with Gasteiger partial charge in [-0.1, -0.05) is 0 Å². The van der Waals surface area contributed by atoms with Crippen LogP contribution in [0.3, 0.4) is 0 Å². The Morgan fingerprint density at radius 3 is 2.88 bits per heavy atom. The van der Waals surface area contributed by atoms with Crippen LogP contribution in [0.4, 0.5) is 0 Å². The number of nitrogens with zero attached hydrogens (tertiary/aromatic N) is 2. The van der Waals surface area contributed by atoms with Gasteiger partial charge in [0.2, 0.25) is 0 Å². The average molecular weight is 397 g/mol. The van der Waals surface area contributed by atoms with Crippen LogP contribution in [0.5, 0.6) is 0 Å². The molecular formula is C10H14BrIN4. The molecule has 0 spiro atoms. The Balaban J connectivity index is 2.94. The number of rotatable bonds is 5. The van der Waals surface area contributed by atoms with E-state index in [1.165, 1.54) is 6.21 Å². The summed E-state index contributed by atoms with van der Waals surface area (Å²) in [6.07, 6.45) is 3.86. The van der Waals surface area contributed by atoms with Crippen molar-refractivity contribution in [1.29, 1.82) is 5.41 Å². The Kier molecular flexibility index (Phi) is 5.47. The predicted molar refractivity (Wildman–Crippen MR) is 78.0 cm³/mol. The van der Waals surface area contributed by atoms with Crippen molar-refractivity contribution < 1.29 is 0 Å². The standard InChI is InChI=1S/C10H14BrIN4/c1-3-14-9(11)7(5-13)4-8-10(12)15-6-16(8)2/h5-6,13-14H,3-4H2,1-2H3/b9-7-,13-5?. The molecule has 0 radical (unpaired) electrons. The molecule has 0 amide bonds. The molecule has 0 saturated carbocycles. The van der Waals surface area contributed by atoms with Crippen LogP contribution in [0.25, 0.3) is 0 Å². The van der Waals surface area contributed by atoms with Gasteiger partial charge in [-0.15, -0.1) is 0 Å². The minimum absolute atomic E-state index is 0.700. The highest BCUT2D eigenvalue weighted by atomic mass is 127. The van der Waals surface area contributed by atoms with Crippen molar-refractivity contribution >= 4 is 44.7 Å². The summed E-state index contributed by atoms with van der Waals surface area (Å²) >= 11 is 5.66. The molecule has 2 N–H and O–H groups in total. The lowest BCUT2D eigenvalue weighted by molar-refractivity contribution is 0.835. The SMILES string of the molecule is CCN/C(Br)=C(\C=N)Cc1c(I)ncn1C. The minimum Gasteiger partial charge on any atom is -0.379 e.